The van der Waals surface area contributed by atoms with Gasteiger partial charge in [0.2, 0.25) is 0 Å². The molecule has 0 bridgehead atoms. The van der Waals surface area contributed by atoms with E-state index in [0.29, 0.717) is 23.4 Å². The van der Waals surface area contributed by atoms with Crippen LogP contribution in [0.3, 0.4) is 0 Å². The van der Waals surface area contributed by atoms with Crippen molar-refractivity contribution in [2.24, 2.45) is 0 Å². The summed E-state index contributed by atoms with van der Waals surface area (Å²) in [5.74, 6) is 1.92. The average molecular weight is 304 g/mol. The number of aromatic nitrogens is 2. The third-order valence-electron chi connectivity index (χ3n) is 3.56. The molecule has 1 aromatic heterocycles. The third kappa shape index (κ3) is 3.71. The maximum atomic E-state index is 10.2. The summed E-state index contributed by atoms with van der Waals surface area (Å²) in [5.41, 5.74) is 2.03. The summed E-state index contributed by atoms with van der Waals surface area (Å²) < 4.78 is 0. The van der Waals surface area contributed by atoms with Crippen LogP contribution in [0.1, 0.15) is 41.8 Å². The van der Waals surface area contributed by atoms with Gasteiger partial charge < -0.3 is 10.4 Å². The van der Waals surface area contributed by atoms with Crippen LogP contribution >= 0.6 is 11.6 Å². The molecule has 1 aliphatic carbocycles. The number of aryl methyl sites for hydroxylation is 1. The Hall–Kier alpha value is -1.65. The molecule has 4 nitrogen and oxygen atoms in total. The van der Waals surface area contributed by atoms with Gasteiger partial charge in [-0.1, -0.05) is 41.4 Å². The van der Waals surface area contributed by atoms with Crippen molar-refractivity contribution in [3.63, 3.8) is 0 Å². The van der Waals surface area contributed by atoms with Gasteiger partial charge in [-0.05, 0) is 25.3 Å². The summed E-state index contributed by atoms with van der Waals surface area (Å²) >= 11 is 6.02. The van der Waals surface area contributed by atoms with Gasteiger partial charge in [-0.2, -0.15) is 0 Å². The topological polar surface area (TPSA) is 58.0 Å². The average Bonchev–Trinajstić information content (AvgIpc) is 3.29. The van der Waals surface area contributed by atoms with Gasteiger partial charge in [-0.15, -0.1) is 0 Å². The third-order valence-corrected chi connectivity index (χ3v) is 3.75. The molecule has 110 valence electrons. The van der Waals surface area contributed by atoms with Crippen LogP contribution in [0.15, 0.2) is 30.3 Å². The van der Waals surface area contributed by atoms with Crippen molar-refractivity contribution < 1.29 is 5.11 Å². The van der Waals surface area contributed by atoms with Gasteiger partial charge in [-0.3, -0.25) is 0 Å². The van der Waals surface area contributed by atoms with Crippen LogP contribution in [0.25, 0.3) is 0 Å². The number of nitrogens with one attached hydrogen (secondary N) is 1. The predicted octanol–water partition coefficient (Wildman–Crippen LogP) is 3.46. The van der Waals surface area contributed by atoms with Crippen molar-refractivity contribution in [3.05, 3.63) is 52.4 Å². The van der Waals surface area contributed by atoms with Crippen LogP contribution < -0.4 is 5.32 Å². The summed E-state index contributed by atoms with van der Waals surface area (Å²) in [6.07, 6.45) is 1.68. The highest BCUT2D eigenvalue weighted by atomic mass is 35.5. The molecule has 1 unspecified atom stereocenters. The molecule has 0 radical (unpaired) electrons. The van der Waals surface area contributed by atoms with Crippen LogP contribution in [0.2, 0.25) is 5.15 Å². The van der Waals surface area contributed by atoms with E-state index in [4.69, 9.17) is 11.6 Å². The van der Waals surface area contributed by atoms with E-state index in [1.807, 2.05) is 31.2 Å². The number of anilines is 1. The molecule has 5 heteroatoms. The standard InChI is InChI=1S/C16H18ClN3O/c1-10-3-2-4-12(7-10)13(21)9-18-15-8-14(17)19-16(20-15)11-5-6-11/h2-4,7-8,11,13,21H,5-6,9H2,1H3,(H,18,19,20). The molecule has 1 aromatic carbocycles. The highest BCUT2D eigenvalue weighted by Gasteiger charge is 2.27. The van der Waals surface area contributed by atoms with Crippen LogP contribution in [0, 0.1) is 6.92 Å². The molecule has 1 atom stereocenters. The highest BCUT2D eigenvalue weighted by molar-refractivity contribution is 6.29. The predicted molar refractivity (Wildman–Crippen MR) is 83.6 cm³/mol. The molecule has 0 aliphatic heterocycles. The quantitative estimate of drug-likeness (QED) is 0.831. The van der Waals surface area contributed by atoms with E-state index in [2.05, 4.69) is 15.3 Å². The van der Waals surface area contributed by atoms with Crippen molar-refractivity contribution >= 4 is 17.4 Å². The van der Waals surface area contributed by atoms with Gasteiger partial charge >= 0.3 is 0 Å². The van der Waals surface area contributed by atoms with E-state index in [-0.39, 0.29) is 0 Å². The lowest BCUT2D eigenvalue weighted by atomic mass is 10.1. The number of hydrogen-bond acceptors (Lipinski definition) is 4. The van der Waals surface area contributed by atoms with Crippen LogP contribution in [-0.4, -0.2) is 21.6 Å². The molecular weight excluding hydrogens is 286 g/mol. The Morgan fingerprint density at radius 3 is 2.86 bits per heavy atom. The Balaban J connectivity index is 1.67. The summed E-state index contributed by atoms with van der Waals surface area (Å²) in [5, 5.41) is 13.8. The van der Waals surface area contributed by atoms with Gasteiger partial charge in [-0.25, -0.2) is 9.97 Å². The Bertz CT molecular complexity index is 643. The maximum Gasteiger partial charge on any atom is 0.135 e. The number of rotatable bonds is 5. The lowest BCUT2D eigenvalue weighted by Gasteiger charge is -2.14. The maximum absolute atomic E-state index is 10.2. The largest absolute Gasteiger partial charge is 0.387 e. The molecule has 1 aliphatic rings. The van der Waals surface area contributed by atoms with Crippen molar-refractivity contribution in [2.75, 3.05) is 11.9 Å². The number of aliphatic hydroxyl groups excluding tert-OH is 1. The SMILES string of the molecule is Cc1cccc(C(O)CNc2cc(Cl)nc(C3CC3)n2)c1. The fourth-order valence-electron chi connectivity index (χ4n) is 2.25. The normalized spacial score (nSPS) is 15.8. The van der Waals surface area contributed by atoms with Crippen molar-refractivity contribution in [2.45, 2.75) is 31.8 Å². The van der Waals surface area contributed by atoms with Gasteiger partial charge in [0.1, 0.15) is 16.8 Å². The molecule has 0 spiro atoms. The zero-order chi connectivity index (χ0) is 14.8. The minimum atomic E-state index is -0.581. The molecule has 1 fully saturated rings. The van der Waals surface area contributed by atoms with Crippen molar-refractivity contribution in [1.29, 1.82) is 0 Å². The first-order chi connectivity index (χ1) is 10.1. The second-order valence-electron chi connectivity index (χ2n) is 5.52. The lowest BCUT2D eigenvalue weighted by Crippen LogP contribution is -2.13. The van der Waals surface area contributed by atoms with E-state index >= 15 is 0 Å². The monoisotopic (exact) mass is 303 g/mol. The second-order valence-corrected chi connectivity index (χ2v) is 5.91. The number of halogens is 1. The summed E-state index contributed by atoms with van der Waals surface area (Å²) in [6, 6.07) is 9.55. The smallest absolute Gasteiger partial charge is 0.135 e. The summed E-state index contributed by atoms with van der Waals surface area (Å²) in [4.78, 5) is 8.71. The lowest BCUT2D eigenvalue weighted by molar-refractivity contribution is 0.191. The number of hydrogen-bond donors (Lipinski definition) is 2. The minimum Gasteiger partial charge on any atom is -0.387 e. The Labute approximate surface area is 129 Å². The fraction of sp³-hybridized carbons (Fsp3) is 0.375. The first-order valence-electron chi connectivity index (χ1n) is 7.15. The first kappa shape index (κ1) is 14.3. The molecule has 0 saturated heterocycles. The Morgan fingerprint density at radius 1 is 1.33 bits per heavy atom. The number of benzene rings is 1. The van der Waals surface area contributed by atoms with Crippen LogP contribution in [0.4, 0.5) is 5.82 Å². The zero-order valence-corrected chi connectivity index (χ0v) is 12.6. The van der Waals surface area contributed by atoms with Crippen LogP contribution in [-0.2, 0) is 0 Å². The summed E-state index contributed by atoms with van der Waals surface area (Å²) in [7, 11) is 0. The summed E-state index contributed by atoms with van der Waals surface area (Å²) in [6.45, 7) is 2.40. The zero-order valence-electron chi connectivity index (χ0n) is 11.9. The van der Waals surface area contributed by atoms with E-state index in [9.17, 15) is 5.11 Å². The minimum absolute atomic E-state index is 0.390. The number of nitrogens with zero attached hydrogens (tertiary/aromatic N) is 2. The first-order valence-corrected chi connectivity index (χ1v) is 7.52. The molecule has 21 heavy (non-hydrogen) atoms. The van der Waals surface area contributed by atoms with Gasteiger partial charge in [0.05, 0.1) is 6.10 Å². The molecule has 1 saturated carbocycles. The molecule has 2 N–H and O–H groups in total. The Morgan fingerprint density at radius 2 is 2.14 bits per heavy atom. The van der Waals surface area contributed by atoms with Gasteiger partial charge in [0.15, 0.2) is 0 Å². The molecule has 1 heterocycles. The molecule has 2 aromatic rings. The molecule has 3 rings (SSSR count). The second kappa shape index (κ2) is 6.00. The van der Waals surface area contributed by atoms with Gasteiger partial charge in [0.25, 0.3) is 0 Å². The van der Waals surface area contributed by atoms with E-state index in [1.54, 1.807) is 6.07 Å². The molecular formula is C16H18ClN3O. The number of aliphatic hydroxyl groups is 1. The highest BCUT2D eigenvalue weighted by Crippen LogP contribution is 2.38. The molecule has 0 amide bonds. The van der Waals surface area contributed by atoms with E-state index < -0.39 is 6.10 Å². The van der Waals surface area contributed by atoms with E-state index in [1.165, 1.54) is 0 Å². The fourth-order valence-corrected chi connectivity index (χ4v) is 2.44. The van der Waals surface area contributed by atoms with E-state index in [0.717, 1.165) is 29.8 Å². The van der Waals surface area contributed by atoms with Crippen LogP contribution in [0.5, 0.6) is 0 Å². The van der Waals surface area contributed by atoms with Gasteiger partial charge in [0, 0.05) is 18.5 Å². The van der Waals surface area contributed by atoms with Crippen molar-refractivity contribution in [3.8, 4) is 0 Å². The van der Waals surface area contributed by atoms with Crippen molar-refractivity contribution in [1.82, 2.24) is 9.97 Å². The Kier molecular flexibility index (Phi) is 4.08.